The number of pyridine rings is 1. The highest BCUT2D eigenvalue weighted by Gasteiger charge is 2.09. The third-order valence-electron chi connectivity index (χ3n) is 2.55. The van der Waals surface area contributed by atoms with Gasteiger partial charge in [0.15, 0.2) is 0 Å². The van der Waals surface area contributed by atoms with Crippen molar-refractivity contribution in [3.05, 3.63) is 35.0 Å². The zero-order valence-corrected chi connectivity index (χ0v) is 12.7. The number of nitrogens with zero attached hydrogens (tertiary/aromatic N) is 1. The first kappa shape index (κ1) is 15.0. The molecular formula is C13H14ClNO4S. The first-order valence-corrected chi connectivity index (χ1v) is 8.15. The summed E-state index contributed by atoms with van der Waals surface area (Å²) in [5.74, 6) is 0.721. The molecule has 0 spiro atoms. The smallest absolute Gasteiger partial charge is 0.264 e. The zero-order chi connectivity index (χ0) is 14.8. The summed E-state index contributed by atoms with van der Waals surface area (Å²) in [6, 6.07) is 7.18. The molecule has 7 heteroatoms. The molecule has 0 aliphatic heterocycles. The molecule has 2 aromatic rings. The second kappa shape index (κ2) is 5.95. The lowest BCUT2D eigenvalue weighted by Gasteiger charge is -2.08. The second-order valence-corrected chi connectivity index (χ2v) is 6.19. The highest BCUT2D eigenvalue weighted by atomic mass is 35.5. The highest BCUT2D eigenvalue weighted by molar-refractivity contribution is 7.85. The van der Waals surface area contributed by atoms with Gasteiger partial charge in [-0.05, 0) is 31.2 Å². The van der Waals surface area contributed by atoms with E-state index in [0.29, 0.717) is 17.7 Å². The molecule has 5 nitrogen and oxygen atoms in total. The number of ether oxygens (including phenoxy) is 1. The monoisotopic (exact) mass is 315 g/mol. The van der Waals surface area contributed by atoms with E-state index in [9.17, 15) is 8.42 Å². The van der Waals surface area contributed by atoms with Crippen LogP contribution in [-0.2, 0) is 20.9 Å². The molecule has 0 amide bonds. The van der Waals surface area contributed by atoms with Crippen LogP contribution in [0.1, 0.15) is 12.5 Å². The minimum Gasteiger partial charge on any atom is -0.494 e. The van der Waals surface area contributed by atoms with Crippen molar-refractivity contribution in [2.45, 2.75) is 13.5 Å². The van der Waals surface area contributed by atoms with Crippen molar-refractivity contribution in [1.29, 1.82) is 0 Å². The van der Waals surface area contributed by atoms with Crippen LogP contribution in [0, 0.1) is 0 Å². The maximum atomic E-state index is 11.0. The van der Waals surface area contributed by atoms with Crippen LogP contribution in [0.2, 0.25) is 5.15 Å². The van der Waals surface area contributed by atoms with Gasteiger partial charge in [0.1, 0.15) is 10.9 Å². The third kappa shape index (κ3) is 3.82. The Kier molecular flexibility index (Phi) is 4.47. The number of halogens is 1. The van der Waals surface area contributed by atoms with E-state index in [1.807, 2.05) is 19.1 Å². The van der Waals surface area contributed by atoms with E-state index >= 15 is 0 Å². The number of aromatic nitrogens is 1. The summed E-state index contributed by atoms with van der Waals surface area (Å²) in [6.07, 6.45) is 0.989. The topological polar surface area (TPSA) is 65.5 Å². The van der Waals surface area contributed by atoms with Crippen LogP contribution in [0.4, 0.5) is 0 Å². The van der Waals surface area contributed by atoms with Crippen LogP contribution in [0.15, 0.2) is 24.3 Å². The molecule has 0 radical (unpaired) electrons. The van der Waals surface area contributed by atoms with E-state index in [1.165, 1.54) is 0 Å². The first-order chi connectivity index (χ1) is 9.39. The molecule has 0 bridgehead atoms. The lowest BCUT2D eigenvalue weighted by atomic mass is 10.1. The van der Waals surface area contributed by atoms with E-state index in [-0.39, 0.29) is 11.8 Å². The van der Waals surface area contributed by atoms with Crippen LogP contribution < -0.4 is 4.74 Å². The largest absolute Gasteiger partial charge is 0.494 e. The molecule has 0 saturated heterocycles. The Balaban J connectivity index is 2.37. The van der Waals surface area contributed by atoms with Crippen LogP contribution in [0.25, 0.3) is 10.9 Å². The molecule has 0 unspecified atom stereocenters. The molecule has 2 rings (SSSR count). The van der Waals surface area contributed by atoms with E-state index < -0.39 is 10.1 Å². The third-order valence-corrected chi connectivity index (χ3v) is 3.43. The minimum atomic E-state index is -3.52. The lowest BCUT2D eigenvalue weighted by molar-refractivity contribution is 0.311. The second-order valence-electron chi connectivity index (χ2n) is 4.19. The summed E-state index contributed by atoms with van der Waals surface area (Å²) in [5.41, 5.74) is 1.22. The Morgan fingerprint density at radius 3 is 2.70 bits per heavy atom. The molecule has 1 aromatic carbocycles. The summed E-state index contributed by atoms with van der Waals surface area (Å²) in [7, 11) is -3.52. The first-order valence-electron chi connectivity index (χ1n) is 5.95. The normalized spacial score (nSPS) is 11.8. The summed E-state index contributed by atoms with van der Waals surface area (Å²) < 4.78 is 32.2. The van der Waals surface area contributed by atoms with Gasteiger partial charge < -0.3 is 4.74 Å². The van der Waals surface area contributed by atoms with Crippen molar-refractivity contribution in [2.24, 2.45) is 0 Å². The van der Waals surface area contributed by atoms with Crippen molar-refractivity contribution >= 4 is 32.6 Å². The van der Waals surface area contributed by atoms with E-state index in [4.69, 9.17) is 20.5 Å². The molecule has 0 aliphatic carbocycles. The van der Waals surface area contributed by atoms with E-state index in [1.54, 1.807) is 12.1 Å². The molecule has 20 heavy (non-hydrogen) atoms. The summed E-state index contributed by atoms with van der Waals surface area (Å²) >= 11 is 6.02. The molecule has 0 atom stereocenters. The zero-order valence-electron chi connectivity index (χ0n) is 11.1. The van der Waals surface area contributed by atoms with Gasteiger partial charge in [0, 0.05) is 10.9 Å². The average Bonchev–Trinajstić information content (AvgIpc) is 2.36. The number of hydrogen-bond acceptors (Lipinski definition) is 5. The quantitative estimate of drug-likeness (QED) is 0.627. The number of rotatable bonds is 5. The van der Waals surface area contributed by atoms with E-state index in [2.05, 4.69) is 4.98 Å². The summed E-state index contributed by atoms with van der Waals surface area (Å²) in [5, 5.41) is 1.04. The molecule has 0 fully saturated rings. The van der Waals surface area contributed by atoms with Crippen LogP contribution in [0.3, 0.4) is 0 Å². The molecule has 1 aromatic heterocycles. The molecular weight excluding hydrogens is 302 g/mol. The lowest BCUT2D eigenvalue weighted by Crippen LogP contribution is -2.03. The van der Waals surface area contributed by atoms with Crippen molar-refractivity contribution in [3.63, 3.8) is 0 Å². The Labute approximate surface area is 122 Å². The summed E-state index contributed by atoms with van der Waals surface area (Å²) in [4.78, 5) is 4.21. The van der Waals surface area contributed by atoms with Gasteiger partial charge >= 0.3 is 0 Å². The van der Waals surface area contributed by atoms with Gasteiger partial charge in [0.25, 0.3) is 10.1 Å². The fourth-order valence-corrected chi connectivity index (χ4v) is 2.24. The van der Waals surface area contributed by atoms with Gasteiger partial charge in [0.05, 0.1) is 25.0 Å². The predicted octanol–water partition coefficient (Wildman–Crippen LogP) is 2.76. The van der Waals surface area contributed by atoms with E-state index in [0.717, 1.165) is 17.4 Å². The fraction of sp³-hybridized carbons (Fsp3) is 0.308. The van der Waals surface area contributed by atoms with Crippen LogP contribution in [0.5, 0.6) is 5.75 Å². The van der Waals surface area contributed by atoms with Gasteiger partial charge in [-0.3, -0.25) is 4.18 Å². The SMILES string of the molecule is CCOc1ccc2nc(Cl)c(COS(C)(=O)=O)cc2c1. The molecule has 0 aliphatic rings. The van der Waals surface area contributed by atoms with Gasteiger partial charge in [-0.1, -0.05) is 11.6 Å². The fourth-order valence-electron chi connectivity index (χ4n) is 1.70. The Morgan fingerprint density at radius 1 is 1.30 bits per heavy atom. The van der Waals surface area contributed by atoms with Crippen LogP contribution in [-0.4, -0.2) is 26.3 Å². The van der Waals surface area contributed by atoms with Gasteiger partial charge in [0.2, 0.25) is 0 Å². The minimum absolute atomic E-state index is 0.139. The van der Waals surface area contributed by atoms with Gasteiger partial charge in [-0.2, -0.15) is 8.42 Å². The van der Waals surface area contributed by atoms with Crippen molar-refractivity contribution in [3.8, 4) is 5.75 Å². The Morgan fingerprint density at radius 2 is 2.05 bits per heavy atom. The van der Waals surface area contributed by atoms with Crippen LogP contribution >= 0.6 is 11.6 Å². The number of benzene rings is 1. The van der Waals surface area contributed by atoms with Crippen molar-refractivity contribution in [1.82, 2.24) is 4.98 Å². The maximum absolute atomic E-state index is 11.0. The maximum Gasteiger partial charge on any atom is 0.264 e. The Bertz CT molecular complexity index is 730. The standard InChI is InChI=1S/C13H14ClNO4S/c1-3-18-11-4-5-12-9(7-11)6-10(13(14)15-12)8-19-20(2,16)17/h4-7H,3,8H2,1-2H3. The number of fused-ring (bicyclic) bond motifs is 1. The van der Waals surface area contributed by atoms with Crippen molar-refractivity contribution in [2.75, 3.05) is 12.9 Å². The van der Waals surface area contributed by atoms with Gasteiger partial charge in [-0.15, -0.1) is 0 Å². The molecule has 108 valence electrons. The average molecular weight is 316 g/mol. The summed E-state index contributed by atoms with van der Waals surface area (Å²) in [6.45, 7) is 2.33. The molecule has 1 heterocycles. The molecule has 0 N–H and O–H groups in total. The highest BCUT2D eigenvalue weighted by Crippen LogP contribution is 2.25. The van der Waals surface area contributed by atoms with Gasteiger partial charge in [-0.25, -0.2) is 4.98 Å². The van der Waals surface area contributed by atoms with Crippen molar-refractivity contribution < 1.29 is 17.3 Å². The predicted molar refractivity (Wildman–Crippen MR) is 77.6 cm³/mol. The Hall–Kier alpha value is -1.37. The molecule has 0 saturated carbocycles. The number of hydrogen-bond donors (Lipinski definition) is 0.